The molecule has 0 spiro atoms. The molecule has 11 rings (SSSR count). The summed E-state index contributed by atoms with van der Waals surface area (Å²) in [6.45, 7) is 2.14. The second kappa shape index (κ2) is 13.2. The molecule has 3 heteroatoms. The number of aromatic nitrogens is 2. The maximum atomic E-state index is 8.90. The van der Waals surface area contributed by atoms with Gasteiger partial charge in [0.05, 0.1) is 17.9 Å². The van der Waals surface area contributed by atoms with Gasteiger partial charge in [-0.05, 0) is 109 Å². The van der Waals surface area contributed by atoms with Gasteiger partial charge in [0.15, 0.2) is 0 Å². The maximum absolute atomic E-state index is 8.90. The molecule has 56 heavy (non-hydrogen) atoms. The summed E-state index contributed by atoms with van der Waals surface area (Å²) in [5.74, 6) is 1.03. The summed E-state index contributed by atoms with van der Waals surface area (Å²) in [4.78, 5) is 4.88. The first kappa shape index (κ1) is 27.7. The van der Waals surface area contributed by atoms with Crippen LogP contribution in [-0.2, 0) is 6.42 Å². The van der Waals surface area contributed by atoms with E-state index >= 15 is 0 Å². The Morgan fingerprint density at radius 1 is 0.518 bits per heavy atom. The highest BCUT2D eigenvalue weighted by Gasteiger charge is 2.20. The normalized spacial score (nSPS) is 13.0. The lowest BCUT2D eigenvalue weighted by Crippen LogP contribution is -1.99. The van der Waals surface area contributed by atoms with E-state index in [0.29, 0.717) is 5.56 Å². The predicted octanol–water partition coefficient (Wildman–Crippen LogP) is 14.9. The van der Waals surface area contributed by atoms with Crippen LogP contribution in [0, 0.1) is 0 Å². The average molecular weight is 738 g/mol. The number of imidazole rings is 1. The molecule has 0 radical (unpaired) electrons. The van der Waals surface area contributed by atoms with Gasteiger partial charge in [-0.3, -0.25) is 4.57 Å². The molecular formula is C53H36N2S. The fourth-order valence-electron chi connectivity index (χ4n) is 8.55. The van der Waals surface area contributed by atoms with Gasteiger partial charge in [0.2, 0.25) is 0 Å². The predicted molar refractivity (Wildman–Crippen MR) is 240 cm³/mol. The van der Waals surface area contributed by atoms with Crippen molar-refractivity contribution in [1.82, 2.24) is 9.55 Å². The Morgan fingerprint density at radius 3 is 1.93 bits per heavy atom. The molecule has 2 nitrogen and oxygen atoms in total. The van der Waals surface area contributed by atoms with Crippen LogP contribution in [0.1, 0.15) is 19.6 Å². The van der Waals surface area contributed by atoms with Crippen molar-refractivity contribution in [3.05, 3.63) is 194 Å². The Morgan fingerprint density at radius 2 is 1.14 bits per heavy atom. The molecule has 0 atom stereocenters. The number of thiophene rings is 1. The van der Waals surface area contributed by atoms with E-state index in [4.69, 9.17) is 11.8 Å². The van der Waals surface area contributed by atoms with Crippen molar-refractivity contribution in [2.75, 3.05) is 0 Å². The molecule has 0 amide bonds. The van der Waals surface area contributed by atoms with Gasteiger partial charge >= 0.3 is 0 Å². The van der Waals surface area contributed by atoms with Crippen LogP contribution in [0.3, 0.4) is 0 Å². The molecule has 2 aromatic heterocycles. The average Bonchev–Trinajstić information content (AvgIpc) is 3.88. The number of benzene rings is 9. The molecule has 0 N–H and O–H groups in total. The SMILES string of the molecule is [2H]c1c([2H])c([2H])c(-c2ccc3c(-c4ccc(-c5ccc(-n6c(CC)nc7ccccc76)cc5)cc4)c4ccccc4c(-c4cccc5sc6ccccc6c45)c3c2)c([2H])c1[2H]. The number of hydrogen-bond donors (Lipinski definition) is 0. The third-order valence-electron chi connectivity index (χ3n) is 11.1. The van der Waals surface area contributed by atoms with Crippen LogP contribution in [-0.4, -0.2) is 9.55 Å². The fraction of sp³-hybridized carbons (Fsp3) is 0.0377. The van der Waals surface area contributed by atoms with Crippen molar-refractivity contribution in [2.45, 2.75) is 13.3 Å². The van der Waals surface area contributed by atoms with E-state index in [1.165, 1.54) is 20.2 Å². The Bertz CT molecular complexity index is 3540. The molecular weight excluding hydrogens is 697 g/mol. The molecule has 0 aliphatic rings. The summed E-state index contributed by atoms with van der Waals surface area (Å²) in [6, 6.07) is 53.7. The summed E-state index contributed by atoms with van der Waals surface area (Å²) >= 11 is 1.78. The van der Waals surface area contributed by atoms with Crippen LogP contribution in [0.5, 0.6) is 0 Å². The van der Waals surface area contributed by atoms with Gasteiger partial charge in [-0.2, -0.15) is 0 Å². The zero-order chi connectivity index (χ0) is 41.5. The highest BCUT2D eigenvalue weighted by molar-refractivity contribution is 7.26. The molecule has 0 bridgehead atoms. The summed E-state index contributed by atoms with van der Waals surface area (Å²) in [6.07, 6.45) is 0.831. The highest BCUT2D eigenvalue weighted by Crippen LogP contribution is 2.48. The Kier molecular flexibility index (Phi) is 6.53. The van der Waals surface area contributed by atoms with Gasteiger partial charge in [-0.25, -0.2) is 4.98 Å². The molecule has 0 saturated heterocycles. The first-order valence-electron chi connectivity index (χ1n) is 21.4. The highest BCUT2D eigenvalue weighted by atomic mass is 32.1. The van der Waals surface area contributed by atoms with E-state index in [1.807, 2.05) is 18.2 Å². The van der Waals surface area contributed by atoms with Crippen LogP contribution in [0.15, 0.2) is 188 Å². The first-order chi connectivity index (χ1) is 29.8. The van der Waals surface area contributed by atoms with Crippen molar-refractivity contribution >= 4 is 64.1 Å². The van der Waals surface area contributed by atoms with E-state index < -0.39 is 6.04 Å². The lowest BCUT2D eigenvalue weighted by Gasteiger charge is -2.19. The van der Waals surface area contributed by atoms with Crippen molar-refractivity contribution in [3.8, 4) is 50.2 Å². The largest absolute Gasteiger partial charge is 0.296 e. The molecule has 0 aliphatic heterocycles. The van der Waals surface area contributed by atoms with E-state index in [0.717, 1.165) is 83.9 Å². The van der Waals surface area contributed by atoms with E-state index in [2.05, 4.69) is 151 Å². The summed E-state index contributed by atoms with van der Waals surface area (Å²) in [5, 5.41) is 6.50. The van der Waals surface area contributed by atoms with Crippen LogP contribution in [0.2, 0.25) is 0 Å². The second-order valence-electron chi connectivity index (χ2n) is 14.2. The molecule has 9 aromatic carbocycles. The smallest absolute Gasteiger partial charge is 0.114 e. The first-order valence-corrected chi connectivity index (χ1v) is 19.8. The lowest BCUT2D eigenvalue weighted by atomic mass is 9.83. The van der Waals surface area contributed by atoms with Crippen LogP contribution in [0.25, 0.3) is 103 Å². The summed E-state index contributed by atoms with van der Waals surface area (Å²) in [5.41, 5.74) is 10.4. The third kappa shape index (κ3) is 5.20. The third-order valence-corrected chi connectivity index (χ3v) is 12.2. The Labute approximate surface area is 336 Å². The number of rotatable bonds is 6. The fourth-order valence-corrected chi connectivity index (χ4v) is 9.68. The van der Waals surface area contributed by atoms with Crippen LogP contribution < -0.4 is 0 Å². The summed E-state index contributed by atoms with van der Waals surface area (Å²) in [7, 11) is 0. The van der Waals surface area contributed by atoms with E-state index in [-0.39, 0.29) is 29.7 Å². The molecule has 0 unspecified atom stereocenters. The molecule has 0 aliphatic carbocycles. The maximum Gasteiger partial charge on any atom is 0.114 e. The van der Waals surface area contributed by atoms with Gasteiger partial charge in [0.1, 0.15) is 5.82 Å². The number of para-hydroxylation sites is 2. The second-order valence-corrected chi connectivity index (χ2v) is 15.2. The van der Waals surface area contributed by atoms with E-state index in [1.54, 1.807) is 11.3 Å². The molecule has 0 fully saturated rings. The minimum atomic E-state index is -0.402. The molecule has 11 aromatic rings. The minimum Gasteiger partial charge on any atom is -0.296 e. The summed E-state index contributed by atoms with van der Waals surface area (Å²) < 4.78 is 47.7. The van der Waals surface area contributed by atoms with Crippen LogP contribution in [0.4, 0.5) is 0 Å². The quantitative estimate of drug-likeness (QED) is 0.155. The van der Waals surface area contributed by atoms with Crippen LogP contribution >= 0.6 is 11.3 Å². The minimum absolute atomic E-state index is 0.190. The number of fused-ring (bicyclic) bond motifs is 6. The standard InChI is InChI=1S/C53H36N2S/c1-2-50-54-46-19-9-10-20-47(46)55(50)39-30-27-36(28-31-39)35-23-25-37(26-24-35)51-40-15-6-7-16-41(40)52(45-33-38(29-32-42(45)51)34-13-4-3-5-14-34)44-18-12-22-49-53(44)43-17-8-11-21-48(43)56-49/h3-33H,2H2,1H3/i3D,4D,5D,13D,14D. The number of hydrogen-bond acceptors (Lipinski definition) is 2. The van der Waals surface area contributed by atoms with Gasteiger partial charge < -0.3 is 0 Å². The zero-order valence-corrected chi connectivity index (χ0v) is 31.3. The lowest BCUT2D eigenvalue weighted by molar-refractivity contribution is 0.908. The number of nitrogens with zero attached hydrogens (tertiary/aromatic N) is 2. The number of aryl methyl sites for hydroxylation is 1. The Balaban J connectivity index is 1.12. The van der Waals surface area contributed by atoms with E-state index in [9.17, 15) is 0 Å². The zero-order valence-electron chi connectivity index (χ0n) is 35.5. The van der Waals surface area contributed by atoms with Gasteiger partial charge in [-0.15, -0.1) is 11.3 Å². The molecule has 0 saturated carbocycles. The van der Waals surface area contributed by atoms with Crippen molar-refractivity contribution < 1.29 is 6.85 Å². The van der Waals surface area contributed by atoms with Crippen molar-refractivity contribution in [3.63, 3.8) is 0 Å². The Hall–Kier alpha value is -6.81. The molecule has 264 valence electrons. The topological polar surface area (TPSA) is 17.8 Å². The van der Waals surface area contributed by atoms with Crippen molar-refractivity contribution in [2.24, 2.45) is 0 Å². The van der Waals surface area contributed by atoms with Gasteiger partial charge in [-0.1, -0.05) is 152 Å². The molecule has 2 heterocycles. The monoisotopic (exact) mass is 737 g/mol. The van der Waals surface area contributed by atoms with Gasteiger partial charge in [0.25, 0.3) is 0 Å². The van der Waals surface area contributed by atoms with Gasteiger partial charge in [0, 0.05) is 32.3 Å². The van der Waals surface area contributed by atoms with Crippen molar-refractivity contribution in [1.29, 1.82) is 0 Å².